The van der Waals surface area contributed by atoms with Gasteiger partial charge in [-0.15, -0.1) is 13.2 Å². The van der Waals surface area contributed by atoms with Crippen LogP contribution in [0.1, 0.15) is 17.3 Å². The van der Waals surface area contributed by atoms with E-state index < -0.39 is 28.7 Å². The van der Waals surface area contributed by atoms with Gasteiger partial charge in [-0.3, -0.25) is 4.79 Å². The molecule has 2 nitrogen and oxygen atoms in total. The molecule has 7 heteroatoms. The number of hydrogen-bond acceptors (Lipinski definition) is 2. The van der Waals surface area contributed by atoms with Gasteiger partial charge in [0, 0.05) is 11.6 Å². The Morgan fingerprint density at radius 3 is 2.38 bits per heavy atom. The van der Waals surface area contributed by atoms with Crippen molar-refractivity contribution in [2.75, 3.05) is 0 Å². The van der Waals surface area contributed by atoms with Gasteiger partial charge in [-0.2, -0.15) is 0 Å². The average molecular weight is 257 g/mol. The molecule has 0 fully saturated rings. The van der Waals surface area contributed by atoms with E-state index in [9.17, 15) is 22.4 Å². The number of ketones is 1. The van der Waals surface area contributed by atoms with E-state index in [0.29, 0.717) is 6.07 Å². The van der Waals surface area contributed by atoms with Crippen LogP contribution in [-0.2, 0) is 0 Å². The Kier molecular flexibility index (Phi) is 3.42. The fourth-order valence-electron chi connectivity index (χ4n) is 1.02. The van der Waals surface area contributed by atoms with Crippen molar-refractivity contribution in [1.29, 1.82) is 0 Å². The van der Waals surface area contributed by atoms with Crippen LogP contribution in [0.25, 0.3) is 0 Å². The van der Waals surface area contributed by atoms with Gasteiger partial charge in [0.05, 0.1) is 5.02 Å². The van der Waals surface area contributed by atoms with Crippen molar-refractivity contribution in [3.05, 3.63) is 28.5 Å². The summed E-state index contributed by atoms with van der Waals surface area (Å²) in [5.74, 6) is -2.62. The van der Waals surface area contributed by atoms with Gasteiger partial charge < -0.3 is 4.74 Å². The number of benzene rings is 1. The van der Waals surface area contributed by atoms with Crippen molar-refractivity contribution in [1.82, 2.24) is 0 Å². The van der Waals surface area contributed by atoms with Crippen molar-refractivity contribution in [2.45, 2.75) is 13.3 Å². The summed E-state index contributed by atoms with van der Waals surface area (Å²) in [5.41, 5.74) is -0.360. The Morgan fingerprint density at radius 1 is 1.38 bits per heavy atom. The van der Waals surface area contributed by atoms with Gasteiger partial charge in [0.15, 0.2) is 11.5 Å². The average Bonchev–Trinajstić information content (AvgIpc) is 2.07. The van der Waals surface area contributed by atoms with E-state index in [-0.39, 0.29) is 5.56 Å². The van der Waals surface area contributed by atoms with Crippen LogP contribution >= 0.6 is 11.6 Å². The lowest BCUT2D eigenvalue weighted by atomic mass is 10.1. The Hall–Kier alpha value is -1.30. The van der Waals surface area contributed by atoms with Crippen molar-refractivity contribution in [2.24, 2.45) is 0 Å². The first-order chi connectivity index (χ1) is 7.20. The molecule has 0 spiro atoms. The van der Waals surface area contributed by atoms with E-state index in [1.165, 1.54) is 0 Å². The Morgan fingerprint density at radius 2 is 1.94 bits per heavy atom. The second-order valence-corrected chi connectivity index (χ2v) is 3.25. The molecule has 0 heterocycles. The molecule has 1 rings (SSSR count). The zero-order valence-electron chi connectivity index (χ0n) is 7.86. The maximum absolute atomic E-state index is 12.9. The second kappa shape index (κ2) is 4.29. The lowest BCUT2D eigenvalue weighted by Gasteiger charge is -2.12. The Bertz CT molecular complexity index is 428. The molecule has 0 bridgehead atoms. The monoisotopic (exact) mass is 256 g/mol. The largest absolute Gasteiger partial charge is 0.573 e. The third kappa shape index (κ3) is 3.10. The summed E-state index contributed by atoms with van der Waals surface area (Å²) < 4.78 is 52.1. The molecule has 0 atom stereocenters. The van der Waals surface area contributed by atoms with Gasteiger partial charge in [-0.25, -0.2) is 4.39 Å². The number of carbonyl (C=O) groups excluding carboxylic acids is 1. The van der Waals surface area contributed by atoms with E-state index in [1.807, 2.05) is 0 Å². The number of Topliss-reactive ketones (excluding diaryl/α,β-unsaturated/α-hetero) is 1. The molecule has 1 aromatic rings. The first kappa shape index (κ1) is 12.8. The van der Waals surface area contributed by atoms with Gasteiger partial charge >= 0.3 is 6.36 Å². The molecule has 0 aliphatic rings. The quantitative estimate of drug-likeness (QED) is 0.597. The standard InChI is InChI=1S/C9H5ClF4O2/c1-4(15)6-2-5(11)3-7(8(6)10)16-9(12,13)14/h2-3H,1H3. The minimum atomic E-state index is -4.99. The Labute approximate surface area is 92.8 Å². The summed E-state index contributed by atoms with van der Waals surface area (Å²) in [5, 5.41) is -0.564. The van der Waals surface area contributed by atoms with Crippen LogP contribution in [0.15, 0.2) is 12.1 Å². The highest BCUT2D eigenvalue weighted by Crippen LogP contribution is 2.33. The van der Waals surface area contributed by atoms with E-state index in [0.717, 1.165) is 13.0 Å². The number of alkyl halides is 3. The van der Waals surface area contributed by atoms with Crippen LogP contribution in [0.5, 0.6) is 5.75 Å². The second-order valence-electron chi connectivity index (χ2n) is 2.87. The molecule has 88 valence electrons. The predicted molar refractivity (Wildman–Crippen MR) is 48.1 cm³/mol. The maximum atomic E-state index is 12.9. The van der Waals surface area contributed by atoms with Crippen LogP contribution in [0.4, 0.5) is 17.6 Å². The molecule has 0 aliphatic carbocycles. The van der Waals surface area contributed by atoms with Crippen molar-refractivity contribution in [3.8, 4) is 5.75 Å². The molecule has 1 aromatic carbocycles. The smallest absolute Gasteiger partial charge is 0.404 e. The van der Waals surface area contributed by atoms with Gasteiger partial charge in [0.2, 0.25) is 0 Å². The molecular formula is C9H5ClF4O2. The fraction of sp³-hybridized carbons (Fsp3) is 0.222. The summed E-state index contributed by atoms with van der Waals surface area (Å²) in [4.78, 5) is 10.9. The maximum Gasteiger partial charge on any atom is 0.573 e. The summed E-state index contributed by atoms with van der Waals surface area (Å²) >= 11 is 5.47. The summed E-state index contributed by atoms with van der Waals surface area (Å²) in [6.07, 6.45) is -4.99. The van der Waals surface area contributed by atoms with Gasteiger partial charge in [0.25, 0.3) is 0 Å². The lowest BCUT2D eigenvalue weighted by molar-refractivity contribution is -0.274. The van der Waals surface area contributed by atoms with Crippen LogP contribution in [0.3, 0.4) is 0 Å². The first-order valence-electron chi connectivity index (χ1n) is 3.96. The van der Waals surface area contributed by atoms with Crippen LogP contribution < -0.4 is 4.74 Å². The van der Waals surface area contributed by atoms with Crippen molar-refractivity contribution in [3.63, 3.8) is 0 Å². The zero-order valence-corrected chi connectivity index (χ0v) is 8.62. The lowest BCUT2D eigenvalue weighted by Crippen LogP contribution is -2.18. The number of carbonyl (C=O) groups is 1. The molecule has 0 aliphatic heterocycles. The molecule has 0 N–H and O–H groups in total. The molecule has 0 saturated heterocycles. The molecule has 0 unspecified atom stereocenters. The SMILES string of the molecule is CC(=O)c1cc(F)cc(OC(F)(F)F)c1Cl. The van der Waals surface area contributed by atoms with Crippen LogP contribution in [0, 0.1) is 5.82 Å². The molecule has 0 radical (unpaired) electrons. The summed E-state index contributed by atoms with van der Waals surface area (Å²) in [6.45, 7) is 1.05. The van der Waals surface area contributed by atoms with Crippen LogP contribution in [-0.4, -0.2) is 12.1 Å². The third-order valence-corrected chi connectivity index (χ3v) is 2.00. The number of rotatable bonds is 2. The van der Waals surface area contributed by atoms with Crippen molar-refractivity contribution < 1.29 is 27.1 Å². The van der Waals surface area contributed by atoms with Crippen LogP contribution in [0.2, 0.25) is 5.02 Å². The van der Waals surface area contributed by atoms with E-state index >= 15 is 0 Å². The third-order valence-electron chi connectivity index (χ3n) is 1.61. The highest BCUT2D eigenvalue weighted by atomic mass is 35.5. The summed E-state index contributed by atoms with van der Waals surface area (Å²) in [7, 11) is 0. The van der Waals surface area contributed by atoms with E-state index in [1.54, 1.807) is 0 Å². The van der Waals surface area contributed by atoms with E-state index in [4.69, 9.17) is 11.6 Å². The molecular weight excluding hydrogens is 252 g/mol. The highest BCUT2D eigenvalue weighted by Gasteiger charge is 2.33. The normalized spacial score (nSPS) is 11.4. The first-order valence-corrected chi connectivity index (χ1v) is 4.34. The number of ether oxygens (including phenoxy) is 1. The molecule has 0 saturated carbocycles. The zero-order chi connectivity index (χ0) is 12.5. The van der Waals surface area contributed by atoms with Gasteiger partial charge in [-0.1, -0.05) is 11.6 Å². The number of hydrogen-bond donors (Lipinski definition) is 0. The fourth-order valence-corrected chi connectivity index (χ4v) is 1.30. The minimum Gasteiger partial charge on any atom is -0.404 e. The molecule has 16 heavy (non-hydrogen) atoms. The minimum absolute atomic E-state index is 0.360. The molecule has 0 aromatic heterocycles. The molecule has 0 amide bonds. The van der Waals surface area contributed by atoms with Gasteiger partial charge in [-0.05, 0) is 13.0 Å². The van der Waals surface area contributed by atoms with E-state index in [2.05, 4.69) is 4.74 Å². The Balaban J connectivity index is 3.25. The summed E-state index contributed by atoms with van der Waals surface area (Å²) in [6, 6.07) is 1.20. The predicted octanol–water partition coefficient (Wildman–Crippen LogP) is 3.58. The number of halogens is 5. The topological polar surface area (TPSA) is 26.3 Å². The van der Waals surface area contributed by atoms with Crippen molar-refractivity contribution >= 4 is 17.4 Å². The highest BCUT2D eigenvalue weighted by molar-refractivity contribution is 6.35. The van der Waals surface area contributed by atoms with Gasteiger partial charge in [0.1, 0.15) is 5.82 Å².